The van der Waals surface area contributed by atoms with Gasteiger partial charge in [-0.05, 0) is 19.1 Å². The van der Waals surface area contributed by atoms with E-state index in [-0.39, 0.29) is 17.8 Å². The average molecular weight is 264 g/mol. The lowest BCUT2D eigenvalue weighted by atomic mass is 10.2. The number of amides is 1. The Hall–Kier alpha value is -1.59. The molecule has 1 aromatic carbocycles. The summed E-state index contributed by atoms with van der Waals surface area (Å²) in [5.41, 5.74) is 0.719. The number of hydrogen-bond donors (Lipinski definition) is 2. The number of nitrogens with one attached hydrogen (secondary N) is 1. The van der Waals surface area contributed by atoms with Gasteiger partial charge in [0.25, 0.3) is 0 Å². The van der Waals surface area contributed by atoms with Crippen LogP contribution in [0, 0.1) is 0 Å². The number of hydrogen-bond acceptors (Lipinski definition) is 4. The Morgan fingerprint density at radius 3 is 3.05 bits per heavy atom. The largest absolute Gasteiger partial charge is 0.508 e. The molecule has 0 aliphatic carbocycles. The van der Waals surface area contributed by atoms with Crippen LogP contribution >= 0.6 is 0 Å². The van der Waals surface area contributed by atoms with Crippen molar-refractivity contribution in [3.8, 4) is 5.75 Å². The number of morpholine rings is 1. The predicted molar refractivity (Wildman–Crippen MR) is 73.4 cm³/mol. The van der Waals surface area contributed by atoms with Crippen LogP contribution in [0.15, 0.2) is 24.3 Å². The van der Waals surface area contributed by atoms with Gasteiger partial charge in [0.1, 0.15) is 5.75 Å². The first-order valence-electron chi connectivity index (χ1n) is 6.62. The van der Waals surface area contributed by atoms with Gasteiger partial charge in [0.15, 0.2) is 0 Å². The zero-order valence-corrected chi connectivity index (χ0v) is 11.1. The first-order chi connectivity index (χ1) is 9.20. The second-order valence-corrected chi connectivity index (χ2v) is 4.56. The Kier molecular flexibility index (Phi) is 4.76. The lowest BCUT2D eigenvalue weighted by Gasteiger charge is -2.27. The van der Waals surface area contributed by atoms with E-state index in [0.29, 0.717) is 26.1 Å². The van der Waals surface area contributed by atoms with E-state index in [1.54, 1.807) is 23.1 Å². The molecule has 1 saturated heterocycles. The number of carbonyl (C=O) groups excluding carboxylic acids is 1. The molecule has 1 aliphatic heterocycles. The van der Waals surface area contributed by atoms with E-state index in [1.807, 2.05) is 13.0 Å². The number of rotatable bonds is 4. The summed E-state index contributed by atoms with van der Waals surface area (Å²) in [5.74, 6) is 0.182. The molecule has 0 spiro atoms. The fourth-order valence-corrected chi connectivity index (χ4v) is 2.22. The molecular weight excluding hydrogens is 244 g/mol. The van der Waals surface area contributed by atoms with Gasteiger partial charge in [-0.2, -0.15) is 0 Å². The zero-order chi connectivity index (χ0) is 13.7. The summed E-state index contributed by atoms with van der Waals surface area (Å²) in [5, 5.41) is 12.7. The maximum Gasteiger partial charge on any atom is 0.229 e. The second-order valence-electron chi connectivity index (χ2n) is 4.56. The molecule has 0 saturated carbocycles. The van der Waals surface area contributed by atoms with Gasteiger partial charge in [0.05, 0.1) is 19.1 Å². The van der Waals surface area contributed by atoms with Crippen LogP contribution in [0.3, 0.4) is 0 Å². The number of phenols is 1. The van der Waals surface area contributed by atoms with Crippen LogP contribution < -0.4 is 10.2 Å². The van der Waals surface area contributed by atoms with Gasteiger partial charge in [0, 0.05) is 31.4 Å². The van der Waals surface area contributed by atoms with Crippen molar-refractivity contribution < 1.29 is 14.6 Å². The minimum absolute atomic E-state index is 0.0156. The highest BCUT2D eigenvalue weighted by molar-refractivity contribution is 5.93. The number of carbonyl (C=O) groups is 1. The Labute approximate surface area is 113 Å². The third-order valence-electron chi connectivity index (χ3n) is 3.17. The molecule has 1 unspecified atom stereocenters. The zero-order valence-electron chi connectivity index (χ0n) is 11.1. The Balaban J connectivity index is 2.02. The summed E-state index contributed by atoms with van der Waals surface area (Å²) in [6.07, 6.45) is 0.295. The molecule has 1 aromatic rings. The van der Waals surface area contributed by atoms with Crippen LogP contribution in [0.2, 0.25) is 0 Å². The monoisotopic (exact) mass is 264 g/mol. The lowest BCUT2D eigenvalue weighted by molar-refractivity contribution is -0.121. The smallest absolute Gasteiger partial charge is 0.229 e. The van der Waals surface area contributed by atoms with Gasteiger partial charge in [-0.15, -0.1) is 0 Å². The Bertz CT molecular complexity index is 430. The third kappa shape index (κ3) is 3.68. The topological polar surface area (TPSA) is 61.8 Å². The van der Waals surface area contributed by atoms with Crippen molar-refractivity contribution in [1.29, 1.82) is 0 Å². The van der Waals surface area contributed by atoms with Crippen molar-refractivity contribution in [3.63, 3.8) is 0 Å². The molecule has 0 bridgehead atoms. The number of nitrogens with zero attached hydrogens (tertiary/aromatic N) is 1. The van der Waals surface area contributed by atoms with Crippen molar-refractivity contribution in [2.45, 2.75) is 19.4 Å². The summed E-state index contributed by atoms with van der Waals surface area (Å²) in [4.78, 5) is 14.0. The molecule has 1 aliphatic rings. The lowest BCUT2D eigenvalue weighted by Crippen LogP contribution is -2.42. The molecule has 0 radical (unpaired) electrons. The minimum Gasteiger partial charge on any atom is -0.508 e. The van der Waals surface area contributed by atoms with Gasteiger partial charge >= 0.3 is 0 Å². The van der Waals surface area contributed by atoms with Crippen LogP contribution in [-0.4, -0.2) is 43.4 Å². The predicted octanol–water partition coefficient (Wildman–Crippen LogP) is 1.12. The first-order valence-corrected chi connectivity index (χ1v) is 6.62. The number of aromatic hydroxyl groups is 1. The number of phenolic OH excluding ortho intramolecular Hbond substituents is 1. The van der Waals surface area contributed by atoms with Gasteiger partial charge in [-0.25, -0.2) is 0 Å². The van der Waals surface area contributed by atoms with Crippen molar-refractivity contribution >= 4 is 11.6 Å². The van der Waals surface area contributed by atoms with Crippen molar-refractivity contribution in [1.82, 2.24) is 5.32 Å². The van der Waals surface area contributed by atoms with E-state index in [0.717, 1.165) is 12.2 Å². The summed E-state index contributed by atoms with van der Waals surface area (Å²) in [6, 6.07) is 6.75. The molecule has 1 atom stereocenters. The average Bonchev–Trinajstić information content (AvgIpc) is 2.41. The van der Waals surface area contributed by atoms with Crippen LogP contribution in [0.25, 0.3) is 0 Å². The Morgan fingerprint density at radius 1 is 1.58 bits per heavy atom. The SMILES string of the molecule is CCN(C(=O)CC1CNCCO1)c1cccc(O)c1. The third-order valence-corrected chi connectivity index (χ3v) is 3.17. The van der Waals surface area contributed by atoms with E-state index in [4.69, 9.17) is 4.74 Å². The van der Waals surface area contributed by atoms with Crippen LogP contribution in [0.1, 0.15) is 13.3 Å². The second kappa shape index (κ2) is 6.54. The molecule has 1 heterocycles. The van der Waals surface area contributed by atoms with Crippen molar-refractivity contribution in [3.05, 3.63) is 24.3 Å². The normalized spacial score (nSPS) is 19.1. The highest BCUT2D eigenvalue weighted by Gasteiger charge is 2.21. The first kappa shape index (κ1) is 13.8. The molecular formula is C14H20N2O3. The quantitative estimate of drug-likeness (QED) is 0.855. The van der Waals surface area contributed by atoms with E-state index in [9.17, 15) is 9.90 Å². The molecule has 2 N–H and O–H groups in total. The van der Waals surface area contributed by atoms with Crippen molar-refractivity contribution in [2.75, 3.05) is 31.1 Å². The maximum atomic E-state index is 12.3. The molecule has 19 heavy (non-hydrogen) atoms. The molecule has 5 heteroatoms. The standard InChI is InChI=1S/C14H20N2O3/c1-2-16(11-4-3-5-12(17)8-11)14(18)9-13-10-15-6-7-19-13/h3-5,8,13,15,17H,2,6-7,9-10H2,1H3. The highest BCUT2D eigenvalue weighted by Crippen LogP contribution is 2.21. The van der Waals surface area contributed by atoms with E-state index in [2.05, 4.69) is 5.32 Å². The molecule has 5 nitrogen and oxygen atoms in total. The van der Waals surface area contributed by atoms with Crippen molar-refractivity contribution in [2.24, 2.45) is 0 Å². The van der Waals surface area contributed by atoms with Gasteiger partial charge < -0.3 is 20.1 Å². The van der Waals surface area contributed by atoms with Gasteiger partial charge in [0.2, 0.25) is 5.91 Å². The summed E-state index contributed by atoms with van der Waals surface area (Å²) in [6.45, 7) is 4.69. The molecule has 2 rings (SSSR count). The fraction of sp³-hybridized carbons (Fsp3) is 0.500. The molecule has 104 valence electrons. The minimum atomic E-state index is -0.0624. The van der Waals surface area contributed by atoms with Crippen LogP contribution in [0.4, 0.5) is 5.69 Å². The summed E-state index contributed by atoms with van der Waals surface area (Å²) >= 11 is 0. The van der Waals surface area contributed by atoms with Gasteiger partial charge in [-0.3, -0.25) is 4.79 Å². The fourth-order valence-electron chi connectivity index (χ4n) is 2.22. The molecule has 1 amide bonds. The summed E-state index contributed by atoms with van der Waals surface area (Å²) in [7, 11) is 0. The number of ether oxygens (including phenoxy) is 1. The van der Waals surface area contributed by atoms with Crippen LogP contribution in [0.5, 0.6) is 5.75 Å². The maximum absolute atomic E-state index is 12.3. The highest BCUT2D eigenvalue weighted by atomic mass is 16.5. The Morgan fingerprint density at radius 2 is 2.42 bits per heavy atom. The van der Waals surface area contributed by atoms with E-state index < -0.39 is 0 Å². The van der Waals surface area contributed by atoms with Crippen LogP contribution in [-0.2, 0) is 9.53 Å². The van der Waals surface area contributed by atoms with E-state index in [1.165, 1.54) is 0 Å². The van der Waals surface area contributed by atoms with E-state index >= 15 is 0 Å². The number of benzene rings is 1. The molecule has 1 fully saturated rings. The molecule has 0 aromatic heterocycles. The number of anilines is 1. The summed E-state index contributed by atoms with van der Waals surface area (Å²) < 4.78 is 5.54. The van der Waals surface area contributed by atoms with Gasteiger partial charge in [-0.1, -0.05) is 6.07 Å².